The minimum Gasteiger partial charge on any atom is -0.462 e. The third kappa shape index (κ3) is 7.33. The van der Waals surface area contributed by atoms with Crippen molar-refractivity contribution in [3.8, 4) is 0 Å². The molecule has 5 fully saturated rings. The number of urea groups is 1. The molecule has 294 valence electrons. The van der Waals surface area contributed by atoms with E-state index in [4.69, 9.17) is 10.5 Å². The minimum absolute atomic E-state index is 0.0348. The van der Waals surface area contributed by atoms with Gasteiger partial charge in [0.2, 0.25) is 5.91 Å². The van der Waals surface area contributed by atoms with E-state index in [0.29, 0.717) is 54.4 Å². The number of hydrogen-bond donors (Lipinski definition) is 3. The lowest BCUT2D eigenvalue weighted by molar-refractivity contribution is -0.249. The van der Waals surface area contributed by atoms with Crippen LogP contribution in [0.1, 0.15) is 150 Å². The van der Waals surface area contributed by atoms with E-state index >= 15 is 0 Å². The number of carbonyl (C=O) groups excluding carboxylic acids is 3. The summed E-state index contributed by atoms with van der Waals surface area (Å²) in [5.41, 5.74) is 9.46. The number of anilines is 1. The number of rotatable bonds is 12. The van der Waals surface area contributed by atoms with Crippen molar-refractivity contribution in [2.45, 2.75) is 157 Å². The van der Waals surface area contributed by atoms with Gasteiger partial charge in [-0.1, -0.05) is 84.2 Å². The Morgan fingerprint density at radius 2 is 1.49 bits per heavy atom. The Kier molecular flexibility index (Phi) is 11.3. The maximum Gasteiger partial charge on any atom is 0.319 e. The molecule has 1 aromatic carbocycles. The van der Waals surface area contributed by atoms with Crippen molar-refractivity contribution in [2.24, 2.45) is 62.4 Å². The number of unbranched alkanes of at least 4 members (excludes halogenated alkanes) is 3. The Bertz CT molecular complexity index is 1540. The van der Waals surface area contributed by atoms with E-state index < -0.39 is 0 Å². The highest BCUT2D eigenvalue weighted by Gasteiger charge is 2.70. The third-order valence-corrected chi connectivity index (χ3v) is 16.9. The molecule has 0 bridgehead atoms. The SMILES string of the molecule is C=C(CNC(=O)Nc1ccc(C)cc1)[C@@H]1CC[C@]2(C)CC[C@]3(C)[C@H](CC[C@@H]4[C@@]5(C)CC[C@H](OC(=O)CCCCCCC(N)=O)C(C)(C)[C@@H]5CC[C@]43C)[C@@H]12. The number of hydrogen-bond acceptors (Lipinski definition) is 4. The molecule has 1 aromatic rings. The quantitative estimate of drug-likeness (QED) is 0.113. The van der Waals surface area contributed by atoms with Crippen LogP contribution in [0.5, 0.6) is 0 Å². The van der Waals surface area contributed by atoms with Crippen molar-refractivity contribution in [2.75, 3.05) is 11.9 Å². The summed E-state index contributed by atoms with van der Waals surface area (Å²) in [6.45, 7) is 22.6. The first kappa shape index (κ1) is 39.9. The smallest absolute Gasteiger partial charge is 0.319 e. The number of esters is 1. The number of fused-ring (bicyclic) bond motifs is 7. The average Bonchev–Trinajstić information content (AvgIpc) is 3.45. The monoisotopic (exact) mass is 730 g/mol. The minimum atomic E-state index is -0.251. The van der Waals surface area contributed by atoms with Crippen LogP contribution < -0.4 is 16.4 Å². The molecule has 7 nitrogen and oxygen atoms in total. The van der Waals surface area contributed by atoms with Gasteiger partial charge in [-0.25, -0.2) is 4.79 Å². The summed E-state index contributed by atoms with van der Waals surface area (Å²) in [4.78, 5) is 37.0. The van der Waals surface area contributed by atoms with Gasteiger partial charge in [0, 0.05) is 30.5 Å². The molecule has 4 N–H and O–H groups in total. The molecule has 0 unspecified atom stereocenters. The second-order valence-electron chi connectivity index (χ2n) is 20.0. The highest BCUT2D eigenvalue weighted by molar-refractivity contribution is 5.89. The van der Waals surface area contributed by atoms with Gasteiger partial charge in [-0.3, -0.25) is 9.59 Å². The number of amides is 3. The van der Waals surface area contributed by atoms with Crippen LogP contribution in [-0.2, 0) is 14.3 Å². The van der Waals surface area contributed by atoms with Crippen LogP contribution in [-0.4, -0.2) is 30.6 Å². The van der Waals surface area contributed by atoms with E-state index in [1.54, 1.807) is 0 Å². The van der Waals surface area contributed by atoms with E-state index in [9.17, 15) is 14.4 Å². The Hall–Kier alpha value is -2.83. The summed E-state index contributed by atoms with van der Waals surface area (Å²) in [6.07, 6.45) is 16.4. The summed E-state index contributed by atoms with van der Waals surface area (Å²) in [5, 5.41) is 6.15. The van der Waals surface area contributed by atoms with Gasteiger partial charge in [0.05, 0.1) is 0 Å². The predicted octanol–water partition coefficient (Wildman–Crippen LogP) is 10.5. The van der Waals surface area contributed by atoms with Crippen LogP contribution in [0.25, 0.3) is 0 Å². The van der Waals surface area contributed by atoms with Crippen molar-refractivity contribution in [1.29, 1.82) is 0 Å². The van der Waals surface area contributed by atoms with Gasteiger partial charge in [-0.05, 0) is 147 Å². The molecular weight excluding hydrogens is 659 g/mol. The number of benzene rings is 1. The van der Waals surface area contributed by atoms with E-state index in [2.05, 4.69) is 58.8 Å². The zero-order valence-corrected chi connectivity index (χ0v) is 34.2. The fourth-order valence-electron chi connectivity index (χ4n) is 13.9. The van der Waals surface area contributed by atoms with Gasteiger partial charge < -0.3 is 21.1 Å². The van der Waals surface area contributed by atoms with Crippen LogP contribution >= 0.6 is 0 Å². The molecule has 0 radical (unpaired) electrons. The van der Waals surface area contributed by atoms with Gasteiger partial charge in [0.1, 0.15) is 6.10 Å². The molecule has 5 aliphatic carbocycles. The number of nitrogens with one attached hydrogen (secondary N) is 2. The molecule has 6 rings (SSSR count). The van der Waals surface area contributed by atoms with Gasteiger partial charge in [-0.2, -0.15) is 0 Å². The van der Waals surface area contributed by atoms with Crippen molar-refractivity contribution >= 4 is 23.6 Å². The number of nitrogens with two attached hydrogens (primary N) is 1. The fraction of sp³-hybridized carbons (Fsp3) is 0.761. The van der Waals surface area contributed by atoms with Crippen LogP contribution in [0.15, 0.2) is 36.4 Å². The molecular formula is C46H71N3O4. The van der Waals surface area contributed by atoms with Crippen molar-refractivity contribution in [3.63, 3.8) is 0 Å². The Balaban J connectivity index is 1.11. The predicted molar refractivity (Wildman–Crippen MR) is 214 cm³/mol. The lowest BCUT2D eigenvalue weighted by Gasteiger charge is -2.73. The topological polar surface area (TPSA) is 111 Å². The van der Waals surface area contributed by atoms with Gasteiger partial charge in [-0.15, -0.1) is 0 Å². The number of primary amides is 1. The van der Waals surface area contributed by atoms with Crippen LogP contribution in [0.4, 0.5) is 10.5 Å². The average molecular weight is 730 g/mol. The van der Waals surface area contributed by atoms with Crippen LogP contribution in [0.2, 0.25) is 0 Å². The molecule has 53 heavy (non-hydrogen) atoms. The molecule has 0 spiro atoms. The molecule has 7 heteroatoms. The summed E-state index contributed by atoms with van der Waals surface area (Å²) in [6, 6.07) is 7.76. The standard InChI is InChI=1S/C46H71N3O4/c1-30-15-17-32(18-16-30)49-41(52)48-29-31(2)33-21-24-43(5)27-28-45(7)34(40(33)43)19-20-36-44(6)25-23-37(42(3,4)35(44)22-26-46(36,45)8)53-39(51)14-12-10-9-11-13-38(47)50/h15-18,33-37,40H,2,9-14,19-29H2,1,3-8H3,(H2,47,50)(H2,48,49,52)/t33-,34+,35-,36+,37-,40+,43+,44-,45+,46+/m0/s1. The molecule has 3 amide bonds. The first-order chi connectivity index (χ1) is 24.9. The normalized spacial score (nSPS) is 38.3. The maximum atomic E-state index is 13.1. The summed E-state index contributed by atoms with van der Waals surface area (Å²) in [5.74, 6) is 2.58. The van der Waals surface area contributed by atoms with Gasteiger partial charge >= 0.3 is 12.0 Å². The summed E-state index contributed by atoms with van der Waals surface area (Å²) >= 11 is 0. The molecule has 5 saturated carbocycles. The Labute approximate surface area is 320 Å². The zero-order valence-electron chi connectivity index (χ0n) is 34.2. The molecule has 10 atom stereocenters. The largest absolute Gasteiger partial charge is 0.462 e. The number of carbonyl (C=O) groups is 3. The fourth-order valence-corrected chi connectivity index (χ4v) is 13.9. The molecule has 0 aromatic heterocycles. The second kappa shape index (κ2) is 15.0. The van der Waals surface area contributed by atoms with Gasteiger partial charge in [0.25, 0.3) is 0 Å². The number of aryl methyl sites for hydroxylation is 1. The van der Waals surface area contributed by atoms with Crippen molar-refractivity contribution in [3.05, 3.63) is 42.0 Å². The first-order valence-electron chi connectivity index (χ1n) is 21.2. The molecule has 5 aliphatic rings. The van der Waals surface area contributed by atoms with Crippen LogP contribution in [0, 0.1) is 63.6 Å². The molecule has 0 heterocycles. The summed E-state index contributed by atoms with van der Waals surface area (Å²) < 4.78 is 6.32. The summed E-state index contributed by atoms with van der Waals surface area (Å²) in [7, 11) is 0. The number of ether oxygens (including phenoxy) is 1. The third-order valence-electron chi connectivity index (χ3n) is 16.9. The van der Waals surface area contributed by atoms with E-state index in [1.165, 1.54) is 62.5 Å². The van der Waals surface area contributed by atoms with E-state index in [-0.39, 0.29) is 45.7 Å². The highest BCUT2D eigenvalue weighted by Crippen LogP contribution is 2.77. The van der Waals surface area contributed by atoms with Crippen molar-refractivity contribution < 1.29 is 19.1 Å². The zero-order chi connectivity index (χ0) is 38.4. The molecule has 0 aliphatic heterocycles. The molecule has 0 saturated heterocycles. The lowest BCUT2D eigenvalue weighted by Crippen LogP contribution is -2.66. The van der Waals surface area contributed by atoms with Crippen molar-refractivity contribution in [1.82, 2.24) is 5.32 Å². The maximum absolute atomic E-state index is 13.1. The highest BCUT2D eigenvalue weighted by atomic mass is 16.5. The Morgan fingerprint density at radius 3 is 2.19 bits per heavy atom. The van der Waals surface area contributed by atoms with Gasteiger partial charge in [0.15, 0.2) is 0 Å². The first-order valence-corrected chi connectivity index (χ1v) is 21.2. The van der Waals surface area contributed by atoms with E-state index in [0.717, 1.165) is 44.2 Å². The van der Waals surface area contributed by atoms with E-state index in [1.807, 2.05) is 31.2 Å². The Morgan fingerprint density at radius 1 is 0.792 bits per heavy atom. The second-order valence-corrected chi connectivity index (χ2v) is 20.0. The lowest BCUT2D eigenvalue weighted by atomic mass is 9.32. The van der Waals surface area contributed by atoms with Crippen LogP contribution in [0.3, 0.4) is 0 Å².